The molecule has 1 saturated carbocycles. The molecule has 0 amide bonds. The zero-order valence-corrected chi connectivity index (χ0v) is 19.1. The Labute approximate surface area is 171 Å². The van der Waals surface area contributed by atoms with Crippen molar-refractivity contribution >= 4 is 63.5 Å². The Bertz CT molecular complexity index is 498. The molecular formula is C14H29IN4O2S3. The van der Waals surface area contributed by atoms with E-state index in [0.717, 1.165) is 29.6 Å². The molecule has 2 aliphatic rings. The minimum atomic E-state index is -3.16. The average molecular weight is 509 g/mol. The molecule has 10 heteroatoms. The van der Waals surface area contributed by atoms with Crippen LogP contribution in [0.25, 0.3) is 0 Å². The van der Waals surface area contributed by atoms with Crippen LogP contribution < -0.4 is 10.6 Å². The number of nitrogens with zero attached hydrogens (tertiary/aromatic N) is 2. The van der Waals surface area contributed by atoms with Crippen molar-refractivity contribution in [2.45, 2.75) is 30.6 Å². The average Bonchev–Trinajstić information content (AvgIpc) is 3.02. The van der Waals surface area contributed by atoms with Crippen molar-refractivity contribution in [3.8, 4) is 0 Å². The van der Waals surface area contributed by atoms with E-state index in [1.165, 1.54) is 6.42 Å². The second-order valence-corrected chi connectivity index (χ2v) is 10.3. The first-order chi connectivity index (χ1) is 11.0. The number of aliphatic imine (C=N–C) groups is 1. The fraction of sp³-hybridized carbons (Fsp3) is 0.929. The number of halogens is 1. The van der Waals surface area contributed by atoms with E-state index in [9.17, 15) is 8.42 Å². The van der Waals surface area contributed by atoms with Crippen LogP contribution in [0.15, 0.2) is 4.99 Å². The number of thioether (sulfide) groups is 2. The Kier molecular flexibility index (Phi) is 10.7. The van der Waals surface area contributed by atoms with Gasteiger partial charge in [0.15, 0.2) is 5.96 Å². The third-order valence-electron chi connectivity index (χ3n) is 4.30. The summed E-state index contributed by atoms with van der Waals surface area (Å²) >= 11 is 3.74. The fourth-order valence-corrected chi connectivity index (χ4v) is 6.21. The van der Waals surface area contributed by atoms with Crippen molar-refractivity contribution in [2.75, 3.05) is 50.2 Å². The molecule has 2 unspecified atom stereocenters. The van der Waals surface area contributed by atoms with Crippen LogP contribution in [0.3, 0.4) is 0 Å². The molecule has 142 valence electrons. The molecule has 0 bridgehead atoms. The summed E-state index contributed by atoms with van der Waals surface area (Å²) in [6.07, 6.45) is 5.68. The molecule has 1 aliphatic carbocycles. The molecule has 1 saturated heterocycles. The first-order valence-electron chi connectivity index (χ1n) is 8.10. The number of rotatable bonds is 6. The quantitative estimate of drug-likeness (QED) is 0.322. The third-order valence-corrected chi connectivity index (χ3v) is 8.21. The van der Waals surface area contributed by atoms with Gasteiger partial charge in [-0.25, -0.2) is 12.7 Å². The highest BCUT2D eigenvalue weighted by Crippen LogP contribution is 2.27. The molecular weight excluding hydrogens is 479 g/mol. The number of nitrogens with one attached hydrogen (secondary N) is 2. The first kappa shape index (κ1) is 22.7. The summed E-state index contributed by atoms with van der Waals surface area (Å²) in [6, 6.07) is 0.439. The van der Waals surface area contributed by atoms with Crippen LogP contribution in [-0.2, 0) is 10.0 Å². The van der Waals surface area contributed by atoms with Crippen molar-refractivity contribution in [3.05, 3.63) is 0 Å². The standard InChI is InChI=1S/C14H28N4O2S3.HI/c1-15-14(17-12-3-4-13(11-12)21-2)16-5-10-23(19,20)18-6-8-22-9-7-18;/h12-13H,3-11H2,1-2H3,(H2,15,16,17);1H. The molecule has 0 spiro atoms. The second-order valence-electron chi connectivity index (χ2n) is 5.84. The fourth-order valence-electron chi connectivity index (χ4n) is 2.93. The van der Waals surface area contributed by atoms with Gasteiger partial charge in [-0.3, -0.25) is 4.99 Å². The molecule has 0 aromatic rings. The van der Waals surface area contributed by atoms with Crippen LogP contribution in [0.4, 0.5) is 0 Å². The molecule has 2 atom stereocenters. The zero-order chi connectivity index (χ0) is 16.7. The number of hydrogen-bond acceptors (Lipinski definition) is 5. The Morgan fingerprint density at radius 1 is 1.33 bits per heavy atom. The van der Waals surface area contributed by atoms with Gasteiger partial charge in [0.05, 0.1) is 5.75 Å². The van der Waals surface area contributed by atoms with E-state index in [4.69, 9.17) is 0 Å². The van der Waals surface area contributed by atoms with Crippen LogP contribution in [0.5, 0.6) is 0 Å². The maximum absolute atomic E-state index is 12.3. The van der Waals surface area contributed by atoms with Gasteiger partial charge in [-0.1, -0.05) is 0 Å². The van der Waals surface area contributed by atoms with Crippen molar-refractivity contribution in [1.29, 1.82) is 0 Å². The van der Waals surface area contributed by atoms with E-state index in [-0.39, 0.29) is 29.7 Å². The van der Waals surface area contributed by atoms with Gasteiger partial charge in [0.2, 0.25) is 10.0 Å². The van der Waals surface area contributed by atoms with Gasteiger partial charge in [-0.05, 0) is 25.5 Å². The van der Waals surface area contributed by atoms with Crippen molar-refractivity contribution in [1.82, 2.24) is 14.9 Å². The van der Waals surface area contributed by atoms with Crippen LogP contribution in [0.2, 0.25) is 0 Å². The molecule has 2 N–H and O–H groups in total. The minimum absolute atomic E-state index is 0. The molecule has 1 heterocycles. The molecule has 0 aromatic carbocycles. The van der Waals surface area contributed by atoms with Gasteiger partial charge in [0, 0.05) is 49.5 Å². The van der Waals surface area contributed by atoms with E-state index in [1.54, 1.807) is 11.4 Å². The smallest absolute Gasteiger partial charge is 0.215 e. The lowest BCUT2D eigenvalue weighted by molar-refractivity contribution is 0.443. The van der Waals surface area contributed by atoms with Crippen molar-refractivity contribution < 1.29 is 8.42 Å². The Hall–Kier alpha value is 0.610. The van der Waals surface area contributed by atoms with Gasteiger partial charge in [0.1, 0.15) is 0 Å². The monoisotopic (exact) mass is 508 g/mol. The summed E-state index contributed by atoms with van der Waals surface area (Å²) < 4.78 is 26.2. The van der Waals surface area contributed by atoms with Gasteiger partial charge in [0.25, 0.3) is 0 Å². The van der Waals surface area contributed by atoms with Crippen LogP contribution in [-0.4, -0.2) is 80.2 Å². The first-order valence-corrected chi connectivity index (χ1v) is 12.2. The molecule has 0 aromatic heterocycles. The van der Waals surface area contributed by atoms with Crippen molar-refractivity contribution in [3.63, 3.8) is 0 Å². The van der Waals surface area contributed by atoms with Gasteiger partial charge in [-0.15, -0.1) is 24.0 Å². The Morgan fingerprint density at radius 2 is 2.04 bits per heavy atom. The summed E-state index contributed by atoms with van der Waals surface area (Å²) in [6.45, 7) is 1.67. The zero-order valence-electron chi connectivity index (χ0n) is 14.4. The van der Waals surface area contributed by atoms with Gasteiger partial charge >= 0.3 is 0 Å². The summed E-state index contributed by atoms with van der Waals surface area (Å²) in [5.74, 6) is 2.62. The van der Waals surface area contributed by atoms with Crippen LogP contribution >= 0.6 is 47.5 Å². The second kappa shape index (κ2) is 11.3. The summed E-state index contributed by atoms with van der Waals surface area (Å²) in [4.78, 5) is 4.21. The van der Waals surface area contributed by atoms with Crippen molar-refractivity contribution in [2.24, 2.45) is 4.99 Å². The molecule has 1 aliphatic heterocycles. The largest absolute Gasteiger partial charge is 0.355 e. The Balaban J connectivity index is 0.00000288. The van der Waals surface area contributed by atoms with Gasteiger partial charge in [-0.2, -0.15) is 23.5 Å². The third kappa shape index (κ3) is 7.08. The molecule has 2 rings (SSSR count). The van der Waals surface area contributed by atoms with E-state index >= 15 is 0 Å². The molecule has 6 nitrogen and oxygen atoms in total. The maximum Gasteiger partial charge on any atom is 0.215 e. The Morgan fingerprint density at radius 3 is 2.62 bits per heavy atom. The predicted octanol–water partition coefficient (Wildman–Crippen LogP) is 1.43. The highest BCUT2D eigenvalue weighted by molar-refractivity contribution is 14.0. The van der Waals surface area contributed by atoms with E-state index < -0.39 is 10.0 Å². The van der Waals surface area contributed by atoms with E-state index in [1.807, 2.05) is 23.5 Å². The molecule has 0 radical (unpaired) electrons. The van der Waals surface area contributed by atoms with Gasteiger partial charge < -0.3 is 10.6 Å². The molecule has 2 fully saturated rings. The maximum atomic E-state index is 12.3. The molecule has 24 heavy (non-hydrogen) atoms. The predicted molar refractivity (Wildman–Crippen MR) is 118 cm³/mol. The lowest BCUT2D eigenvalue weighted by Crippen LogP contribution is -2.46. The highest BCUT2D eigenvalue weighted by atomic mass is 127. The SMILES string of the molecule is CN=C(NCCS(=O)(=O)N1CCSCC1)NC1CCC(SC)C1.I. The lowest BCUT2D eigenvalue weighted by Gasteiger charge is -2.26. The summed E-state index contributed by atoms with van der Waals surface area (Å²) in [7, 11) is -1.43. The number of hydrogen-bond donors (Lipinski definition) is 2. The minimum Gasteiger partial charge on any atom is -0.355 e. The highest BCUT2D eigenvalue weighted by Gasteiger charge is 2.25. The summed E-state index contributed by atoms with van der Waals surface area (Å²) in [5.41, 5.74) is 0. The normalized spacial score (nSPS) is 26.0. The van der Waals surface area contributed by atoms with Crippen LogP contribution in [0, 0.1) is 0 Å². The number of sulfonamides is 1. The van der Waals surface area contributed by atoms with E-state index in [2.05, 4.69) is 21.9 Å². The lowest BCUT2D eigenvalue weighted by atomic mass is 10.2. The summed E-state index contributed by atoms with van der Waals surface area (Å²) in [5, 5.41) is 7.28. The topological polar surface area (TPSA) is 73.8 Å². The number of guanidine groups is 1. The van der Waals surface area contributed by atoms with E-state index in [0.29, 0.717) is 31.6 Å². The van der Waals surface area contributed by atoms with Crippen LogP contribution in [0.1, 0.15) is 19.3 Å².